The molecule has 3 N–H and O–H groups in total. The summed E-state index contributed by atoms with van der Waals surface area (Å²) >= 11 is 0. The van der Waals surface area contributed by atoms with Gasteiger partial charge in [0.05, 0.1) is 24.9 Å². The van der Waals surface area contributed by atoms with E-state index in [-0.39, 0.29) is 19.4 Å². The minimum atomic E-state index is -1.50. The fourth-order valence-electron chi connectivity index (χ4n) is 6.27. The largest absolute Gasteiger partial charge is 0.497 e. The van der Waals surface area contributed by atoms with Gasteiger partial charge in [-0.05, 0) is 44.7 Å². The van der Waals surface area contributed by atoms with Crippen LogP contribution in [0.15, 0.2) is 67.3 Å². The number of carbonyl (C=O) groups is 4. The average Bonchev–Trinajstić information content (AvgIpc) is 3.61. The molecular formula is C38H46N4O8. The molecule has 12 nitrogen and oxygen atoms in total. The van der Waals surface area contributed by atoms with Crippen molar-refractivity contribution in [2.75, 3.05) is 13.7 Å². The molecule has 3 unspecified atom stereocenters. The van der Waals surface area contributed by atoms with Crippen LogP contribution in [0.5, 0.6) is 11.5 Å². The number of hydrogen-bond donors (Lipinski definition) is 3. The third-order valence-electron chi connectivity index (χ3n) is 8.99. The lowest BCUT2D eigenvalue weighted by molar-refractivity contribution is -0.146. The molecule has 50 heavy (non-hydrogen) atoms. The Hall–Kier alpha value is -5.13. The Kier molecular flexibility index (Phi) is 9.87. The zero-order chi connectivity index (χ0) is 36.6. The predicted octanol–water partition coefficient (Wildman–Crippen LogP) is 5.34. The van der Waals surface area contributed by atoms with E-state index in [1.807, 2.05) is 48.5 Å². The van der Waals surface area contributed by atoms with Crippen LogP contribution >= 0.6 is 0 Å². The summed E-state index contributed by atoms with van der Waals surface area (Å²) in [6, 6.07) is 14.7. The molecule has 1 saturated heterocycles. The molecule has 5 atom stereocenters. The number of fused-ring (bicyclic) bond motifs is 1. The van der Waals surface area contributed by atoms with Crippen molar-refractivity contribution in [3.63, 3.8) is 0 Å². The number of aromatic nitrogens is 1. The maximum Gasteiger partial charge on any atom is 0.408 e. The highest BCUT2D eigenvalue weighted by molar-refractivity contribution is 5.96. The lowest BCUT2D eigenvalue weighted by Gasteiger charge is -2.35. The van der Waals surface area contributed by atoms with Crippen LogP contribution in [0.1, 0.15) is 54.4 Å². The van der Waals surface area contributed by atoms with E-state index in [9.17, 15) is 24.3 Å². The molecule has 0 bridgehead atoms. The van der Waals surface area contributed by atoms with Crippen LogP contribution in [-0.2, 0) is 19.1 Å². The number of rotatable bonds is 10. The van der Waals surface area contributed by atoms with Gasteiger partial charge in [0.1, 0.15) is 40.8 Å². The normalized spacial score (nSPS) is 22.3. The number of carboxylic acids is 1. The van der Waals surface area contributed by atoms with Crippen LogP contribution < -0.4 is 20.1 Å². The number of hydrogen-bond acceptors (Lipinski definition) is 8. The van der Waals surface area contributed by atoms with Crippen molar-refractivity contribution in [3.8, 4) is 22.8 Å². The first-order valence-corrected chi connectivity index (χ1v) is 16.6. The number of ether oxygens (including phenoxy) is 3. The quantitative estimate of drug-likeness (QED) is 0.240. The van der Waals surface area contributed by atoms with Crippen LogP contribution in [0, 0.1) is 11.3 Å². The molecule has 2 aromatic carbocycles. The Balaban J connectivity index is 1.51. The molecule has 3 amide bonds. The second kappa shape index (κ2) is 13.6. The molecule has 3 aromatic rings. The third kappa shape index (κ3) is 7.69. The monoisotopic (exact) mass is 686 g/mol. The Morgan fingerprint density at radius 3 is 2.34 bits per heavy atom. The van der Waals surface area contributed by atoms with Crippen LogP contribution in [0.3, 0.4) is 0 Å². The summed E-state index contributed by atoms with van der Waals surface area (Å²) in [5.74, 6) is -1.67. The van der Waals surface area contributed by atoms with Crippen molar-refractivity contribution in [2.24, 2.45) is 11.3 Å². The molecule has 0 radical (unpaired) electrons. The topological polar surface area (TPSA) is 156 Å². The summed E-state index contributed by atoms with van der Waals surface area (Å²) in [5.41, 5.74) is -0.950. The zero-order valence-electron chi connectivity index (χ0n) is 29.6. The highest BCUT2D eigenvalue weighted by Crippen LogP contribution is 2.45. The maximum atomic E-state index is 14.4. The molecule has 2 fully saturated rings. The standard InChI is InChI=1S/C38H46N4O8/c1-9-23-20-38(23,34(45)46)41-32(43)29-18-25(21-42(29)33(44)31(36(2,3)4)40-35(47)50-37(5,6)7)49-30-19-27(22-13-11-10-12-14-22)39-28-17-24(48-8)15-16-26(28)30/h9-17,19,23,25,29,31H,1,18,20-21H2,2-8H3,(H,40,47)(H,41,43)(H,45,46)/t23?,25-,29+,31?,38?/m1/s1. The Bertz CT molecular complexity index is 1800. The molecule has 266 valence electrons. The molecule has 5 rings (SSSR count). The van der Waals surface area contributed by atoms with Gasteiger partial charge in [-0.2, -0.15) is 0 Å². The number of nitrogens with one attached hydrogen (secondary N) is 2. The van der Waals surface area contributed by atoms with E-state index in [1.54, 1.807) is 54.7 Å². The van der Waals surface area contributed by atoms with Crippen molar-refractivity contribution in [3.05, 3.63) is 67.3 Å². The first-order chi connectivity index (χ1) is 23.5. The van der Waals surface area contributed by atoms with E-state index in [2.05, 4.69) is 17.2 Å². The van der Waals surface area contributed by atoms with Crippen molar-refractivity contribution < 1.29 is 38.5 Å². The number of carbonyl (C=O) groups excluding carboxylic acids is 3. The van der Waals surface area contributed by atoms with Crippen molar-refractivity contribution in [1.82, 2.24) is 20.5 Å². The molecule has 1 aromatic heterocycles. The van der Waals surface area contributed by atoms with Gasteiger partial charge in [-0.25, -0.2) is 14.6 Å². The molecular weight excluding hydrogens is 640 g/mol. The number of aliphatic carboxylic acids is 1. The first kappa shape index (κ1) is 36.2. The first-order valence-electron chi connectivity index (χ1n) is 16.6. The highest BCUT2D eigenvalue weighted by Gasteiger charge is 2.61. The summed E-state index contributed by atoms with van der Waals surface area (Å²) in [4.78, 5) is 59.8. The fourth-order valence-corrected chi connectivity index (χ4v) is 6.27. The summed E-state index contributed by atoms with van der Waals surface area (Å²) < 4.78 is 17.5. The molecule has 1 aliphatic carbocycles. The fraction of sp³-hybridized carbons (Fsp3) is 0.447. The van der Waals surface area contributed by atoms with Gasteiger partial charge in [0.15, 0.2) is 0 Å². The predicted molar refractivity (Wildman–Crippen MR) is 188 cm³/mol. The minimum Gasteiger partial charge on any atom is -0.497 e. The van der Waals surface area contributed by atoms with Crippen molar-refractivity contribution >= 4 is 34.8 Å². The van der Waals surface area contributed by atoms with Crippen LogP contribution in [-0.4, -0.2) is 81.8 Å². The second-order valence-corrected chi connectivity index (χ2v) is 15.0. The molecule has 2 heterocycles. The average molecular weight is 687 g/mol. The molecule has 0 spiro atoms. The lowest BCUT2D eigenvalue weighted by atomic mass is 9.85. The summed E-state index contributed by atoms with van der Waals surface area (Å²) in [7, 11) is 1.57. The number of amides is 3. The van der Waals surface area contributed by atoms with Crippen molar-refractivity contribution in [1.29, 1.82) is 0 Å². The second-order valence-electron chi connectivity index (χ2n) is 15.0. The van der Waals surface area contributed by atoms with Gasteiger partial charge in [-0.1, -0.05) is 57.2 Å². The molecule has 12 heteroatoms. The van der Waals surface area contributed by atoms with E-state index < -0.39 is 64.5 Å². The number of likely N-dealkylation sites (tertiary alicyclic amines) is 1. The number of methoxy groups -OCH3 is 1. The van der Waals surface area contributed by atoms with E-state index in [1.165, 1.54) is 11.0 Å². The number of nitrogens with zero attached hydrogens (tertiary/aromatic N) is 2. The van der Waals surface area contributed by atoms with E-state index in [4.69, 9.17) is 19.2 Å². The van der Waals surface area contributed by atoms with Gasteiger partial charge >= 0.3 is 12.1 Å². The van der Waals surface area contributed by atoms with Crippen molar-refractivity contribution in [2.45, 2.75) is 83.7 Å². The summed E-state index contributed by atoms with van der Waals surface area (Å²) in [6.07, 6.45) is 0.311. The van der Waals surface area contributed by atoms with Gasteiger partial charge in [0.25, 0.3) is 0 Å². The third-order valence-corrected chi connectivity index (χ3v) is 8.99. The summed E-state index contributed by atoms with van der Waals surface area (Å²) in [5, 5.41) is 16.1. The highest BCUT2D eigenvalue weighted by atomic mass is 16.6. The Morgan fingerprint density at radius 1 is 1.06 bits per heavy atom. The van der Waals surface area contributed by atoms with E-state index >= 15 is 0 Å². The van der Waals surface area contributed by atoms with Gasteiger partial charge in [-0.3, -0.25) is 9.59 Å². The molecule has 1 aliphatic heterocycles. The molecule has 1 saturated carbocycles. The number of benzene rings is 2. The van der Waals surface area contributed by atoms with Gasteiger partial charge in [-0.15, -0.1) is 6.58 Å². The number of carboxylic acid groups (broad SMARTS) is 1. The van der Waals surface area contributed by atoms with E-state index in [0.717, 1.165) is 5.56 Å². The minimum absolute atomic E-state index is 0.00883. The van der Waals surface area contributed by atoms with Crippen LogP contribution in [0.25, 0.3) is 22.2 Å². The van der Waals surface area contributed by atoms with Crippen LogP contribution in [0.4, 0.5) is 4.79 Å². The SMILES string of the molecule is C=CC1CC1(NC(=O)[C@@H]1C[C@@H](Oc2cc(-c3ccccc3)nc3cc(OC)ccc23)CN1C(=O)C(NC(=O)OC(C)(C)C)C(C)(C)C)C(=O)O. The lowest BCUT2D eigenvalue weighted by Crippen LogP contribution is -2.59. The molecule has 2 aliphatic rings. The summed E-state index contributed by atoms with van der Waals surface area (Å²) in [6.45, 7) is 14.3. The Labute approximate surface area is 292 Å². The van der Waals surface area contributed by atoms with Gasteiger partial charge < -0.3 is 34.9 Å². The number of alkyl carbamates (subject to hydrolysis) is 1. The van der Waals surface area contributed by atoms with E-state index in [0.29, 0.717) is 28.1 Å². The zero-order valence-corrected chi connectivity index (χ0v) is 29.6. The maximum absolute atomic E-state index is 14.4. The van der Waals surface area contributed by atoms with Crippen LogP contribution in [0.2, 0.25) is 0 Å². The Morgan fingerprint density at radius 2 is 1.76 bits per heavy atom. The smallest absolute Gasteiger partial charge is 0.408 e. The van der Waals surface area contributed by atoms with Gasteiger partial charge in [0, 0.05) is 35.4 Å². The number of pyridine rings is 1. The van der Waals surface area contributed by atoms with Gasteiger partial charge in [0.2, 0.25) is 11.8 Å².